The number of rotatable bonds is 3. The van der Waals surface area contributed by atoms with Gasteiger partial charge in [-0.05, 0) is 69.4 Å². The minimum absolute atomic E-state index is 0. The van der Waals surface area contributed by atoms with E-state index < -0.39 is 0 Å². The molecule has 4 aromatic heterocycles. The fraction of sp³-hybridized carbons (Fsp3) is 0.209. The number of para-hydroxylation sites is 1. The summed E-state index contributed by atoms with van der Waals surface area (Å²) in [6.07, 6.45) is 4.75. The van der Waals surface area contributed by atoms with Gasteiger partial charge in [0, 0.05) is 48.8 Å². The third kappa shape index (κ3) is 6.46. The standard InChI is InChI=1S/C32H31N2.C11H8N.Ir/c1-31(2,3)19-20-13-14-33-27(15-20)21-11-12-29-24(16-21)26-18-22(32(4,5)6)17-25-23-9-7-8-10-28(23)34(29)30(25)26;1-2-6-10(7-3-1)11-8-4-5-9-12-11;/h7-10,12-18H,19H2,1-6H3;1-6,8-9H;/q2*-1;. The SMILES string of the molecule is CC(C)(C)Cc1ccnc(-c2[c-]cc3c(c2)c2cc(C(C)(C)C)cc4c5ccccc5n3c24)c1.[Ir].[c-]1ccccc1-c1ccccn1. The normalized spacial score (nSPS) is 12.0. The summed E-state index contributed by atoms with van der Waals surface area (Å²) < 4.78 is 2.42. The first kappa shape index (κ1) is 32.6. The summed E-state index contributed by atoms with van der Waals surface area (Å²) in [7, 11) is 0. The number of hydrogen-bond acceptors (Lipinski definition) is 2. The second-order valence-electron chi connectivity index (χ2n) is 14.4. The maximum atomic E-state index is 4.72. The molecule has 0 amide bonds. The maximum Gasteiger partial charge on any atom is 0.0516 e. The van der Waals surface area contributed by atoms with E-state index in [9.17, 15) is 0 Å². The Hall–Kier alpha value is -4.37. The first-order valence-electron chi connectivity index (χ1n) is 16.0. The van der Waals surface area contributed by atoms with Crippen molar-refractivity contribution >= 4 is 38.1 Å². The van der Waals surface area contributed by atoms with Crippen molar-refractivity contribution < 1.29 is 20.1 Å². The van der Waals surface area contributed by atoms with Crippen LogP contribution in [-0.2, 0) is 31.9 Å². The van der Waals surface area contributed by atoms with Crippen molar-refractivity contribution in [1.29, 1.82) is 0 Å². The summed E-state index contributed by atoms with van der Waals surface area (Å²) >= 11 is 0. The molecule has 0 saturated carbocycles. The summed E-state index contributed by atoms with van der Waals surface area (Å²) in [4.78, 5) is 8.94. The molecule has 0 saturated heterocycles. The second kappa shape index (κ2) is 12.7. The van der Waals surface area contributed by atoms with Crippen LogP contribution in [0.3, 0.4) is 0 Å². The fourth-order valence-corrected chi connectivity index (χ4v) is 6.44. The molecule has 0 fully saturated rings. The Kier molecular flexibility index (Phi) is 8.78. The van der Waals surface area contributed by atoms with E-state index >= 15 is 0 Å². The van der Waals surface area contributed by atoms with Crippen LogP contribution in [0.2, 0.25) is 0 Å². The van der Waals surface area contributed by atoms with Gasteiger partial charge in [-0.2, -0.15) is 0 Å². The predicted octanol–water partition coefficient (Wildman–Crippen LogP) is 11.1. The quantitative estimate of drug-likeness (QED) is 0.167. The topological polar surface area (TPSA) is 30.2 Å². The Labute approximate surface area is 291 Å². The van der Waals surface area contributed by atoms with Gasteiger partial charge in [0.1, 0.15) is 0 Å². The molecular weight excluding hydrogens is 751 g/mol. The van der Waals surface area contributed by atoms with Crippen LogP contribution >= 0.6 is 0 Å². The molecule has 0 bridgehead atoms. The van der Waals surface area contributed by atoms with Crippen molar-refractivity contribution in [2.24, 2.45) is 5.41 Å². The molecule has 0 atom stereocenters. The summed E-state index contributed by atoms with van der Waals surface area (Å²) in [5, 5.41) is 5.24. The monoisotopic (exact) mass is 790 g/mol. The van der Waals surface area contributed by atoms with E-state index in [0.29, 0.717) is 0 Å². The third-order valence-electron chi connectivity index (χ3n) is 8.58. The zero-order chi connectivity index (χ0) is 32.1. The van der Waals surface area contributed by atoms with E-state index in [1.807, 2.05) is 48.7 Å². The average Bonchev–Trinajstić information content (AvgIpc) is 3.56. The molecule has 8 rings (SSSR count). The molecule has 1 radical (unpaired) electrons. The molecule has 0 aliphatic heterocycles. The molecule has 237 valence electrons. The zero-order valence-corrected chi connectivity index (χ0v) is 30.2. The van der Waals surface area contributed by atoms with Gasteiger partial charge >= 0.3 is 0 Å². The van der Waals surface area contributed by atoms with Gasteiger partial charge in [-0.1, -0.05) is 95.0 Å². The molecule has 4 heteroatoms. The number of aromatic nitrogens is 3. The summed E-state index contributed by atoms with van der Waals surface area (Å²) in [5.41, 5.74) is 10.8. The van der Waals surface area contributed by atoms with Gasteiger partial charge in [0.25, 0.3) is 0 Å². The van der Waals surface area contributed by atoms with Crippen molar-refractivity contribution in [3.8, 4) is 22.5 Å². The third-order valence-corrected chi connectivity index (χ3v) is 8.58. The van der Waals surface area contributed by atoms with Crippen LogP contribution < -0.4 is 0 Å². The summed E-state index contributed by atoms with van der Waals surface area (Å²) in [6, 6.07) is 42.8. The van der Waals surface area contributed by atoms with Crippen LogP contribution in [0.4, 0.5) is 0 Å². The van der Waals surface area contributed by atoms with E-state index in [2.05, 4.69) is 124 Å². The van der Waals surface area contributed by atoms with Gasteiger partial charge in [0.05, 0.1) is 5.52 Å². The van der Waals surface area contributed by atoms with Gasteiger partial charge in [-0.3, -0.25) is 0 Å². The summed E-state index contributed by atoms with van der Waals surface area (Å²) in [5.74, 6) is 0. The Morgan fingerprint density at radius 3 is 2.04 bits per heavy atom. The first-order chi connectivity index (χ1) is 22.1. The second-order valence-corrected chi connectivity index (χ2v) is 14.4. The minimum atomic E-state index is 0. The molecule has 4 heterocycles. The van der Waals surface area contributed by atoms with Crippen molar-refractivity contribution in [1.82, 2.24) is 14.4 Å². The van der Waals surface area contributed by atoms with Crippen molar-refractivity contribution in [2.75, 3.05) is 0 Å². The van der Waals surface area contributed by atoms with Gasteiger partial charge in [0.2, 0.25) is 0 Å². The van der Waals surface area contributed by atoms with Crippen molar-refractivity contribution in [2.45, 2.75) is 53.4 Å². The zero-order valence-electron chi connectivity index (χ0n) is 27.9. The largest absolute Gasteiger partial charge is 0.350 e. The Balaban J connectivity index is 0.000000250. The van der Waals surface area contributed by atoms with E-state index in [4.69, 9.17) is 4.98 Å². The van der Waals surface area contributed by atoms with Gasteiger partial charge in [0.15, 0.2) is 0 Å². The molecular formula is C43H39IrN3-2. The molecule has 3 nitrogen and oxygen atoms in total. The molecule has 4 aromatic carbocycles. The van der Waals surface area contributed by atoms with Crippen LogP contribution in [0.15, 0.2) is 116 Å². The van der Waals surface area contributed by atoms with Crippen molar-refractivity contribution in [3.63, 3.8) is 0 Å². The molecule has 0 aliphatic rings. The van der Waals surface area contributed by atoms with Crippen LogP contribution in [-0.4, -0.2) is 14.4 Å². The number of benzene rings is 4. The van der Waals surface area contributed by atoms with Crippen LogP contribution in [0, 0.1) is 17.5 Å². The van der Waals surface area contributed by atoms with Gasteiger partial charge < -0.3 is 14.4 Å². The predicted molar refractivity (Wildman–Crippen MR) is 194 cm³/mol. The Bertz CT molecular complexity index is 2250. The van der Waals surface area contributed by atoms with E-state index in [0.717, 1.165) is 28.9 Å². The van der Waals surface area contributed by atoms with Crippen molar-refractivity contribution in [3.05, 3.63) is 139 Å². The van der Waals surface area contributed by atoms with Crippen LogP contribution in [0.25, 0.3) is 60.6 Å². The maximum absolute atomic E-state index is 4.72. The van der Waals surface area contributed by atoms with E-state index in [1.165, 1.54) is 49.2 Å². The number of hydrogen-bond donors (Lipinski definition) is 0. The first-order valence-corrected chi connectivity index (χ1v) is 16.0. The molecule has 0 N–H and O–H groups in total. The fourth-order valence-electron chi connectivity index (χ4n) is 6.44. The number of pyridine rings is 2. The molecule has 8 aromatic rings. The van der Waals surface area contributed by atoms with Crippen LogP contribution in [0.1, 0.15) is 52.7 Å². The summed E-state index contributed by atoms with van der Waals surface area (Å²) in [6.45, 7) is 13.7. The average molecular weight is 790 g/mol. The smallest absolute Gasteiger partial charge is 0.0516 e. The molecule has 0 aliphatic carbocycles. The molecule has 47 heavy (non-hydrogen) atoms. The number of fused-ring (bicyclic) bond motifs is 6. The molecule has 0 unspecified atom stereocenters. The van der Waals surface area contributed by atoms with Crippen LogP contribution in [0.5, 0.6) is 0 Å². The molecule has 0 spiro atoms. The van der Waals surface area contributed by atoms with Gasteiger partial charge in [-0.25, -0.2) is 0 Å². The van der Waals surface area contributed by atoms with Gasteiger partial charge in [-0.15, -0.1) is 59.7 Å². The van der Waals surface area contributed by atoms with E-state index in [1.54, 1.807) is 6.20 Å². The van der Waals surface area contributed by atoms with E-state index in [-0.39, 0.29) is 30.9 Å². The Morgan fingerprint density at radius 2 is 1.34 bits per heavy atom. The minimum Gasteiger partial charge on any atom is -0.350 e. The Morgan fingerprint density at radius 1 is 0.617 bits per heavy atom. The number of nitrogens with zero attached hydrogens (tertiary/aromatic N) is 3.